The summed E-state index contributed by atoms with van der Waals surface area (Å²) >= 11 is 2.09. The molecule has 1 aromatic heterocycles. The number of hydrogen-bond donors (Lipinski definition) is 1. The van der Waals surface area contributed by atoms with E-state index in [9.17, 15) is 4.39 Å². The van der Waals surface area contributed by atoms with E-state index in [1.807, 2.05) is 0 Å². The first-order valence-electron chi connectivity index (χ1n) is 4.78. The number of hydrogen-bond acceptors (Lipinski definition) is 4. The van der Waals surface area contributed by atoms with Crippen molar-refractivity contribution in [2.45, 2.75) is 0 Å². The lowest BCUT2D eigenvalue weighted by Crippen LogP contribution is -2.00. The molecule has 2 aromatic rings. The van der Waals surface area contributed by atoms with Gasteiger partial charge in [-0.3, -0.25) is 0 Å². The van der Waals surface area contributed by atoms with E-state index in [1.165, 1.54) is 19.2 Å². The molecule has 4 nitrogen and oxygen atoms in total. The van der Waals surface area contributed by atoms with E-state index < -0.39 is 0 Å². The van der Waals surface area contributed by atoms with Gasteiger partial charge in [-0.2, -0.15) is 0 Å². The highest BCUT2D eigenvalue weighted by Crippen LogP contribution is 2.26. The van der Waals surface area contributed by atoms with Crippen LogP contribution in [0.25, 0.3) is 0 Å². The van der Waals surface area contributed by atoms with Crippen molar-refractivity contribution in [3.63, 3.8) is 0 Å². The first-order chi connectivity index (χ1) is 8.19. The Hall–Kier alpha value is -1.44. The Balaban J connectivity index is 2.29. The molecule has 1 N–H and O–H groups in total. The lowest BCUT2D eigenvalue weighted by molar-refractivity contribution is 0.413. The molecule has 0 bridgehead atoms. The number of benzene rings is 1. The zero-order valence-corrected chi connectivity index (χ0v) is 11.1. The second-order valence-electron chi connectivity index (χ2n) is 3.17. The summed E-state index contributed by atoms with van der Waals surface area (Å²) in [6.45, 7) is 0. The van der Waals surface area contributed by atoms with E-state index in [1.54, 1.807) is 18.3 Å². The molecule has 0 aliphatic rings. The van der Waals surface area contributed by atoms with Gasteiger partial charge in [0.1, 0.15) is 15.3 Å². The molecule has 0 amide bonds. The van der Waals surface area contributed by atoms with Crippen LogP contribution >= 0.6 is 22.6 Å². The third-order valence-electron chi connectivity index (χ3n) is 2.03. The Kier molecular flexibility index (Phi) is 3.72. The molecule has 0 aliphatic carbocycles. The minimum Gasteiger partial charge on any atom is -0.494 e. The van der Waals surface area contributed by atoms with Crippen molar-refractivity contribution in [1.29, 1.82) is 0 Å². The van der Waals surface area contributed by atoms with E-state index in [0.717, 1.165) is 3.70 Å². The maximum atomic E-state index is 13.0. The first kappa shape index (κ1) is 12.0. The highest BCUT2D eigenvalue weighted by atomic mass is 127. The van der Waals surface area contributed by atoms with Gasteiger partial charge in [-0.25, -0.2) is 14.4 Å². The molecule has 88 valence electrons. The van der Waals surface area contributed by atoms with Gasteiger partial charge in [-0.1, -0.05) is 0 Å². The van der Waals surface area contributed by atoms with Crippen LogP contribution in [0.1, 0.15) is 0 Å². The van der Waals surface area contributed by atoms with Gasteiger partial charge in [0.2, 0.25) is 5.95 Å². The Labute approximate surface area is 111 Å². The van der Waals surface area contributed by atoms with Crippen molar-refractivity contribution in [2.24, 2.45) is 0 Å². The van der Waals surface area contributed by atoms with Crippen molar-refractivity contribution < 1.29 is 9.13 Å². The average Bonchev–Trinajstić information content (AvgIpc) is 2.31. The number of anilines is 2. The van der Waals surface area contributed by atoms with Crippen LogP contribution in [0.2, 0.25) is 0 Å². The smallest absolute Gasteiger partial charge is 0.228 e. The van der Waals surface area contributed by atoms with Gasteiger partial charge in [0, 0.05) is 12.3 Å². The van der Waals surface area contributed by atoms with Crippen molar-refractivity contribution >= 4 is 34.2 Å². The highest BCUT2D eigenvalue weighted by molar-refractivity contribution is 14.1. The minimum atomic E-state index is -0.351. The van der Waals surface area contributed by atoms with Gasteiger partial charge in [-0.05, 0) is 40.8 Å². The SMILES string of the molecule is COc1cc(F)ccc1Nc1nccc(I)n1. The van der Waals surface area contributed by atoms with Crippen LogP contribution in [0.4, 0.5) is 16.0 Å². The molecule has 6 heteroatoms. The minimum absolute atomic E-state index is 0.351. The Morgan fingerprint density at radius 1 is 1.35 bits per heavy atom. The molecule has 0 aliphatic heterocycles. The van der Waals surface area contributed by atoms with Gasteiger partial charge in [0.05, 0.1) is 12.8 Å². The molecule has 0 unspecified atom stereocenters. The largest absolute Gasteiger partial charge is 0.494 e. The lowest BCUT2D eigenvalue weighted by Gasteiger charge is -2.09. The van der Waals surface area contributed by atoms with Crippen molar-refractivity contribution in [2.75, 3.05) is 12.4 Å². The Morgan fingerprint density at radius 2 is 2.18 bits per heavy atom. The van der Waals surface area contributed by atoms with Gasteiger partial charge in [-0.15, -0.1) is 0 Å². The van der Waals surface area contributed by atoms with Gasteiger partial charge >= 0.3 is 0 Å². The Morgan fingerprint density at radius 3 is 2.88 bits per heavy atom. The summed E-state index contributed by atoms with van der Waals surface area (Å²) in [5, 5.41) is 2.97. The van der Waals surface area contributed by atoms with Gasteiger partial charge in [0.25, 0.3) is 0 Å². The molecule has 17 heavy (non-hydrogen) atoms. The van der Waals surface area contributed by atoms with Crippen LogP contribution in [0.3, 0.4) is 0 Å². The topological polar surface area (TPSA) is 47.0 Å². The molecule has 0 spiro atoms. The third kappa shape index (κ3) is 3.02. The van der Waals surface area contributed by atoms with Crippen LogP contribution in [-0.2, 0) is 0 Å². The Bertz CT molecular complexity index is 536. The number of nitrogens with zero attached hydrogens (tertiary/aromatic N) is 2. The quantitative estimate of drug-likeness (QED) is 0.686. The number of methoxy groups -OCH3 is 1. The summed E-state index contributed by atoms with van der Waals surface area (Å²) in [4.78, 5) is 8.24. The molecule has 0 saturated carbocycles. The van der Waals surface area contributed by atoms with Crippen LogP contribution in [0, 0.1) is 9.52 Å². The average molecular weight is 345 g/mol. The second kappa shape index (κ2) is 5.26. The maximum Gasteiger partial charge on any atom is 0.228 e. The first-order valence-corrected chi connectivity index (χ1v) is 5.86. The summed E-state index contributed by atoms with van der Waals surface area (Å²) in [5.74, 6) is 0.505. The standard InChI is InChI=1S/C11H9FIN3O/c1-17-9-6-7(12)2-3-8(9)15-11-14-5-4-10(13)16-11/h2-6H,1H3,(H,14,15,16). The summed E-state index contributed by atoms with van der Waals surface area (Å²) in [5.41, 5.74) is 0.621. The number of ether oxygens (including phenoxy) is 1. The molecule has 0 radical (unpaired) electrons. The monoisotopic (exact) mass is 345 g/mol. The number of aromatic nitrogens is 2. The fraction of sp³-hybridized carbons (Fsp3) is 0.0909. The normalized spacial score (nSPS) is 10.1. The van der Waals surface area contributed by atoms with Crippen LogP contribution in [-0.4, -0.2) is 17.1 Å². The summed E-state index contributed by atoms with van der Waals surface area (Å²) in [6.07, 6.45) is 1.65. The molecule has 0 saturated heterocycles. The predicted octanol–water partition coefficient (Wildman–Crippen LogP) is 2.97. The highest BCUT2D eigenvalue weighted by Gasteiger charge is 2.06. The third-order valence-corrected chi connectivity index (χ3v) is 2.63. The van der Waals surface area contributed by atoms with Gasteiger partial charge < -0.3 is 10.1 Å². The van der Waals surface area contributed by atoms with E-state index in [4.69, 9.17) is 4.74 Å². The van der Waals surface area contributed by atoms with E-state index in [-0.39, 0.29) is 5.82 Å². The van der Waals surface area contributed by atoms with Crippen molar-refractivity contribution in [3.05, 3.63) is 40.0 Å². The summed E-state index contributed by atoms with van der Waals surface area (Å²) in [7, 11) is 1.48. The number of nitrogens with one attached hydrogen (secondary N) is 1. The van der Waals surface area contributed by atoms with E-state index in [0.29, 0.717) is 17.4 Å². The molecule has 2 rings (SSSR count). The van der Waals surface area contributed by atoms with Crippen molar-refractivity contribution in [3.8, 4) is 5.75 Å². The summed E-state index contributed by atoms with van der Waals surface area (Å²) in [6, 6.07) is 6.01. The fourth-order valence-corrected chi connectivity index (χ4v) is 1.67. The van der Waals surface area contributed by atoms with Crippen molar-refractivity contribution in [1.82, 2.24) is 9.97 Å². The second-order valence-corrected chi connectivity index (χ2v) is 4.28. The van der Waals surface area contributed by atoms with E-state index >= 15 is 0 Å². The molecule has 1 heterocycles. The van der Waals surface area contributed by atoms with Crippen LogP contribution in [0.15, 0.2) is 30.5 Å². The van der Waals surface area contributed by atoms with E-state index in [2.05, 4.69) is 37.9 Å². The zero-order chi connectivity index (χ0) is 12.3. The maximum absolute atomic E-state index is 13.0. The predicted molar refractivity (Wildman–Crippen MR) is 71.0 cm³/mol. The van der Waals surface area contributed by atoms with Crippen LogP contribution in [0.5, 0.6) is 5.75 Å². The van der Waals surface area contributed by atoms with Crippen LogP contribution < -0.4 is 10.1 Å². The molecular weight excluding hydrogens is 336 g/mol. The number of halogens is 2. The lowest BCUT2D eigenvalue weighted by atomic mass is 10.3. The fourth-order valence-electron chi connectivity index (χ4n) is 1.29. The zero-order valence-electron chi connectivity index (χ0n) is 8.95. The molecule has 1 aromatic carbocycles. The molecule has 0 atom stereocenters. The number of rotatable bonds is 3. The summed E-state index contributed by atoms with van der Waals surface area (Å²) < 4.78 is 18.9. The molecule has 0 fully saturated rings. The van der Waals surface area contributed by atoms with Gasteiger partial charge in [0.15, 0.2) is 0 Å². The molecular formula is C11H9FIN3O.